The number of nitrogens with two attached hydrogens (primary N) is 1. The Hall–Kier alpha value is -1.30. The van der Waals surface area contributed by atoms with Gasteiger partial charge in [0.1, 0.15) is 11.1 Å². The number of carboxylic acid groups (broad SMARTS) is 1. The first-order chi connectivity index (χ1) is 8.54. The van der Waals surface area contributed by atoms with Crippen LogP contribution >= 0.6 is 0 Å². The van der Waals surface area contributed by atoms with Gasteiger partial charge in [0.25, 0.3) is 0 Å². The Morgan fingerprint density at radius 2 is 1.68 bits per heavy atom. The molecule has 0 bridgehead atoms. The SMILES string of the molecule is CC(C)(C)OC(=O)N1CCC(C(C)(N)C(=O)O)CC1. The summed E-state index contributed by atoms with van der Waals surface area (Å²) in [7, 11) is 0. The van der Waals surface area contributed by atoms with Crippen molar-refractivity contribution in [3.05, 3.63) is 0 Å². The number of aliphatic carboxylic acids is 1. The highest BCUT2D eigenvalue weighted by Gasteiger charge is 2.40. The smallest absolute Gasteiger partial charge is 0.410 e. The first-order valence-electron chi connectivity index (χ1n) is 6.54. The van der Waals surface area contributed by atoms with Crippen LogP contribution in [0.5, 0.6) is 0 Å². The van der Waals surface area contributed by atoms with Crippen molar-refractivity contribution in [3.63, 3.8) is 0 Å². The Bertz CT molecular complexity index is 352. The lowest BCUT2D eigenvalue weighted by Crippen LogP contribution is -2.55. The van der Waals surface area contributed by atoms with Gasteiger partial charge in [-0.1, -0.05) is 0 Å². The van der Waals surface area contributed by atoms with Crippen molar-refractivity contribution in [2.45, 2.75) is 51.7 Å². The number of carbonyl (C=O) groups excluding carboxylic acids is 1. The predicted molar refractivity (Wildman–Crippen MR) is 70.8 cm³/mol. The standard InChI is InChI=1S/C13H24N2O4/c1-12(2,3)19-11(18)15-7-5-9(6-8-15)13(4,14)10(16)17/h9H,5-8,14H2,1-4H3,(H,16,17). The average molecular weight is 272 g/mol. The van der Waals surface area contributed by atoms with Gasteiger partial charge < -0.3 is 20.5 Å². The summed E-state index contributed by atoms with van der Waals surface area (Å²) in [4.78, 5) is 24.6. The summed E-state index contributed by atoms with van der Waals surface area (Å²) < 4.78 is 5.28. The second-order valence-electron chi connectivity index (χ2n) is 6.33. The number of hydrogen-bond acceptors (Lipinski definition) is 4. The Morgan fingerprint density at radius 1 is 1.21 bits per heavy atom. The molecule has 1 fully saturated rings. The Balaban J connectivity index is 2.54. The summed E-state index contributed by atoms with van der Waals surface area (Å²) in [6.45, 7) is 7.96. The highest BCUT2D eigenvalue weighted by atomic mass is 16.6. The summed E-state index contributed by atoms with van der Waals surface area (Å²) >= 11 is 0. The van der Waals surface area contributed by atoms with E-state index in [1.165, 1.54) is 6.92 Å². The van der Waals surface area contributed by atoms with Gasteiger partial charge >= 0.3 is 12.1 Å². The fraction of sp³-hybridized carbons (Fsp3) is 0.846. The average Bonchev–Trinajstić information content (AvgIpc) is 2.26. The van der Waals surface area contributed by atoms with E-state index in [-0.39, 0.29) is 12.0 Å². The molecular formula is C13H24N2O4. The van der Waals surface area contributed by atoms with E-state index in [9.17, 15) is 9.59 Å². The van der Waals surface area contributed by atoms with E-state index < -0.39 is 17.1 Å². The number of carboxylic acids is 1. The van der Waals surface area contributed by atoms with Crippen LogP contribution in [0.4, 0.5) is 4.79 Å². The second kappa shape index (κ2) is 5.36. The minimum absolute atomic E-state index is 0.122. The molecule has 19 heavy (non-hydrogen) atoms. The van der Waals surface area contributed by atoms with Gasteiger partial charge in [-0.3, -0.25) is 4.79 Å². The number of amides is 1. The molecule has 1 aliphatic rings. The lowest BCUT2D eigenvalue weighted by molar-refractivity contribution is -0.145. The summed E-state index contributed by atoms with van der Waals surface area (Å²) in [6.07, 6.45) is 0.817. The van der Waals surface area contributed by atoms with E-state index in [1.54, 1.807) is 4.90 Å². The van der Waals surface area contributed by atoms with E-state index in [2.05, 4.69) is 0 Å². The highest BCUT2D eigenvalue weighted by Crippen LogP contribution is 2.27. The molecule has 1 aliphatic heterocycles. The molecule has 0 saturated carbocycles. The third-order valence-corrected chi connectivity index (χ3v) is 3.46. The van der Waals surface area contributed by atoms with Crippen molar-refractivity contribution in [1.29, 1.82) is 0 Å². The number of nitrogens with zero attached hydrogens (tertiary/aromatic N) is 1. The van der Waals surface area contributed by atoms with Gasteiger partial charge in [-0.15, -0.1) is 0 Å². The highest BCUT2D eigenvalue weighted by molar-refractivity contribution is 5.78. The predicted octanol–water partition coefficient (Wildman–Crippen LogP) is 1.44. The van der Waals surface area contributed by atoms with Crippen LogP contribution in [0, 0.1) is 5.92 Å². The Kier molecular flexibility index (Phi) is 4.45. The van der Waals surface area contributed by atoms with Crippen molar-refractivity contribution in [1.82, 2.24) is 4.90 Å². The maximum atomic E-state index is 11.9. The number of carbonyl (C=O) groups is 2. The fourth-order valence-corrected chi connectivity index (χ4v) is 2.16. The molecular weight excluding hydrogens is 248 g/mol. The largest absolute Gasteiger partial charge is 0.480 e. The van der Waals surface area contributed by atoms with Crippen LogP contribution in [0.3, 0.4) is 0 Å². The fourth-order valence-electron chi connectivity index (χ4n) is 2.16. The molecule has 6 heteroatoms. The first-order valence-corrected chi connectivity index (χ1v) is 6.54. The maximum absolute atomic E-state index is 11.9. The van der Waals surface area contributed by atoms with E-state index in [0.717, 1.165) is 0 Å². The first kappa shape index (κ1) is 15.8. The zero-order chi connectivity index (χ0) is 14.8. The van der Waals surface area contributed by atoms with E-state index in [4.69, 9.17) is 15.6 Å². The molecule has 0 aromatic carbocycles. The minimum atomic E-state index is -1.24. The molecule has 1 amide bonds. The van der Waals surface area contributed by atoms with Crippen LogP contribution in [-0.2, 0) is 9.53 Å². The number of likely N-dealkylation sites (tertiary alicyclic amines) is 1. The van der Waals surface area contributed by atoms with E-state index in [1.807, 2.05) is 20.8 Å². The van der Waals surface area contributed by atoms with Gasteiger partial charge in [0.05, 0.1) is 0 Å². The number of ether oxygens (including phenoxy) is 1. The maximum Gasteiger partial charge on any atom is 0.410 e. The molecule has 6 nitrogen and oxygen atoms in total. The Labute approximate surface area is 113 Å². The van der Waals surface area contributed by atoms with Crippen molar-refractivity contribution in [2.24, 2.45) is 11.7 Å². The number of rotatable bonds is 2. The topological polar surface area (TPSA) is 92.9 Å². The molecule has 1 rings (SSSR count). The van der Waals surface area contributed by atoms with Gasteiger partial charge in [0.2, 0.25) is 0 Å². The van der Waals surface area contributed by atoms with Gasteiger partial charge in [0.15, 0.2) is 0 Å². The molecule has 0 aromatic rings. The molecule has 1 unspecified atom stereocenters. The van der Waals surface area contributed by atoms with Gasteiger partial charge in [0, 0.05) is 13.1 Å². The zero-order valence-corrected chi connectivity index (χ0v) is 12.1. The third-order valence-electron chi connectivity index (χ3n) is 3.46. The quantitative estimate of drug-likeness (QED) is 0.793. The molecule has 3 N–H and O–H groups in total. The number of hydrogen-bond donors (Lipinski definition) is 2. The normalized spacial score (nSPS) is 20.8. The monoisotopic (exact) mass is 272 g/mol. The second-order valence-corrected chi connectivity index (χ2v) is 6.33. The van der Waals surface area contributed by atoms with Gasteiger partial charge in [-0.2, -0.15) is 0 Å². The van der Waals surface area contributed by atoms with Crippen molar-refractivity contribution < 1.29 is 19.4 Å². The Morgan fingerprint density at radius 3 is 2.05 bits per heavy atom. The van der Waals surface area contributed by atoms with Crippen LogP contribution in [0.2, 0.25) is 0 Å². The molecule has 0 radical (unpaired) electrons. The third kappa shape index (κ3) is 4.09. The summed E-state index contributed by atoms with van der Waals surface area (Å²) in [5, 5.41) is 9.09. The van der Waals surface area contributed by atoms with Crippen LogP contribution in [-0.4, -0.2) is 46.3 Å². The van der Waals surface area contributed by atoms with Crippen molar-refractivity contribution >= 4 is 12.1 Å². The summed E-state index contributed by atoms with van der Waals surface area (Å²) in [5.41, 5.74) is 4.07. The van der Waals surface area contributed by atoms with Crippen LogP contribution in [0.15, 0.2) is 0 Å². The van der Waals surface area contributed by atoms with E-state index in [0.29, 0.717) is 25.9 Å². The van der Waals surface area contributed by atoms with Crippen molar-refractivity contribution in [2.75, 3.05) is 13.1 Å². The lowest BCUT2D eigenvalue weighted by atomic mass is 9.80. The molecule has 1 atom stereocenters. The molecule has 0 aliphatic carbocycles. The molecule has 1 saturated heterocycles. The molecule has 0 aromatic heterocycles. The van der Waals surface area contributed by atoms with Gasteiger partial charge in [-0.05, 0) is 46.5 Å². The molecule has 1 heterocycles. The van der Waals surface area contributed by atoms with Gasteiger partial charge in [-0.25, -0.2) is 4.79 Å². The zero-order valence-electron chi connectivity index (χ0n) is 12.1. The molecule has 110 valence electrons. The number of piperidine rings is 1. The minimum Gasteiger partial charge on any atom is -0.480 e. The summed E-state index contributed by atoms with van der Waals surface area (Å²) in [5.74, 6) is -1.12. The van der Waals surface area contributed by atoms with Crippen LogP contribution in [0.25, 0.3) is 0 Å². The van der Waals surface area contributed by atoms with Crippen molar-refractivity contribution in [3.8, 4) is 0 Å². The van der Waals surface area contributed by atoms with Crippen LogP contribution < -0.4 is 5.73 Å². The van der Waals surface area contributed by atoms with Crippen LogP contribution in [0.1, 0.15) is 40.5 Å². The molecule has 0 spiro atoms. The van der Waals surface area contributed by atoms with E-state index >= 15 is 0 Å². The summed E-state index contributed by atoms with van der Waals surface area (Å²) in [6, 6.07) is 0. The lowest BCUT2D eigenvalue weighted by Gasteiger charge is -2.38.